The number of para-hydroxylation sites is 1. The molecule has 7 heteroatoms. The molecule has 0 unspecified atom stereocenters. The fraction of sp³-hybridized carbons (Fsp3) is 0.0909. The third kappa shape index (κ3) is 2.73. The first-order valence-corrected chi connectivity index (χ1v) is 8.03. The Bertz CT molecular complexity index is 682. The lowest BCUT2D eigenvalue weighted by Crippen LogP contribution is -2.14. The molecule has 3 nitrogen and oxygen atoms in total. The van der Waals surface area contributed by atoms with Crippen molar-refractivity contribution in [1.29, 1.82) is 0 Å². The van der Waals surface area contributed by atoms with E-state index in [9.17, 15) is 12.8 Å². The topological polar surface area (TPSA) is 46.2 Å². The molecule has 1 heterocycles. The molecule has 1 aromatic carbocycles. The van der Waals surface area contributed by atoms with Gasteiger partial charge in [-0.05, 0) is 41.1 Å². The molecule has 2 rings (SSSR count). The van der Waals surface area contributed by atoms with Gasteiger partial charge in [-0.25, -0.2) is 12.8 Å². The second kappa shape index (κ2) is 4.99. The number of aryl methyl sites for hydroxylation is 1. The summed E-state index contributed by atoms with van der Waals surface area (Å²) < 4.78 is 40.6. The van der Waals surface area contributed by atoms with Crippen molar-refractivity contribution in [2.45, 2.75) is 11.8 Å². The van der Waals surface area contributed by atoms with Crippen LogP contribution in [0.4, 0.5) is 10.1 Å². The number of hydrogen-bond donors (Lipinski definition) is 1. The van der Waals surface area contributed by atoms with Crippen LogP contribution in [0.15, 0.2) is 39.0 Å². The number of hydrogen-bond acceptors (Lipinski definition) is 3. The maximum atomic E-state index is 13.4. The predicted octanol–water partition coefficient (Wildman–Crippen LogP) is 3.76. The van der Waals surface area contributed by atoms with Gasteiger partial charge in [0.15, 0.2) is 0 Å². The SMILES string of the molecule is Cc1sc(Br)cc1S(=O)(=O)Nc1ccccc1F. The molecule has 96 valence electrons. The van der Waals surface area contributed by atoms with Crippen LogP contribution in [0.1, 0.15) is 4.88 Å². The molecule has 2 aromatic rings. The standard InChI is InChI=1S/C11H9BrFNO2S2/c1-7-10(6-11(12)17-7)18(15,16)14-9-5-3-2-4-8(9)13/h2-6,14H,1H3. The first-order chi connectivity index (χ1) is 8.40. The van der Waals surface area contributed by atoms with Crippen molar-refractivity contribution in [3.05, 3.63) is 44.8 Å². The molecule has 0 bridgehead atoms. The Morgan fingerprint density at radius 3 is 2.56 bits per heavy atom. The van der Waals surface area contributed by atoms with Crippen molar-refractivity contribution in [3.8, 4) is 0 Å². The minimum absolute atomic E-state index is 0.0563. The maximum absolute atomic E-state index is 13.4. The van der Waals surface area contributed by atoms with Crippen LogP contribution in [0.2, 0.25) is 0 Å². The summed E-state index contributed by atoms with van der Waals surface area (Å²) in [4.78, 5) is 0.799. The van der Waals surface area contributed by atoms with Gasteiger partial charge in [-0.3, -0.25) is 4.72 Å². The van der Waals surface area contributed by atoms with Gasteiger partial charge in [-0.1, -0.05) is 12.1 Å². The molecule has 0 aliphatic heterocycles. The number of rotatable bonds is 3. The summed E-state index contributed by atoms with van der Waals surface area (Å²) in [5.41, 5.74) is -0.0563. The van der Waals surface area contributed by atoms with Gasteiger partial charge in [0.2, 0.25) is 0 Å². The molecule has 0 saturated carbocycles. The first-order valence-electron chi connectivity index (χ1n) is 4.93. The van der Waals surface area contributed by atoms with Gasteiger partial charge in [-0.15, -0.1) is 11.3 Å². The summed E-state index contributed by atoms with van der Waals surface area (Å²) in [5, 5.41) is 0. The minimum Gasteiger partial charge on any atom is -0.277 e. The lowest BCUT2D eigenvalue weighted by Gasteiger charge is -2.08. The monoisotopic (exact) mass is 349 g/mol. The lowest BCUT2D eigenvalue weighted by molar-refractivity contribution is 0.598. The van der Waals surface area contributed by atoms with Crippen LogP contribution in [0.25, 0.3) is 0 Å². The molecular weight excluding hydrogens is 341 g/mol. The van der Waals surface area contributed by atoms with Gasteiger partial charge >= 0.3 is 0 Å². The Balaban J connectivity index is 2.40. The first kappa shape index (κ1) is 13.5. The zero-order valence-corrected chi connectivity index (χ0v) is 12.5. The highest BCUT2D eigenvalue weighted by molar-refractivity contribution is 9.11. The second-order valence-corrected chi connectivity index (χ2v) is 7.84. The van der Waals surface area contributed by atoms with Crippen LogP contribution in [0, 0.1) is 12.7 Å². The average Bonchev–Trinajstić information content (AvgIpc) is 2.62. The summed E-state index contributed by atoms with van der Waals surface area (Å²) >= 11 is 4.54. The summed E-state index contributed by atoms with van der Waals surface area (Å²) in [5.74, 6) is -0.604. The largest absolute Gasteiger partial charge is 0.277 e. The summed E-state index contributed by atoms with van der Waals surface area (Å²) in [6.45, 7) is 1.70. The van der Waals surface area contributed by atoms with Crippen molar-refractivity contribution in [3.63, 3.8) is 0 Å². The summed E-state index contributed by atoms with van der Waals surface area (Å²) in [7, 11) is -3.76. The number of sulfonamides is 1. The predicted molar refractivity (Wildman–Crippen MR) is 74.0 cm³/mol. The van der Waals surface area contributed by atoms with Crippen molar-refractivity contribution < 1.29 is 12.8 Å². The maximum Gasteiger partial charge on any atom is 0.263 e. The Kier molecular flexibility index (Phi) is 3.74. The molecular formula is C11H9BrFNO2S2. The van der Waals surface area contributed by atoms with Crippen LogP contribution in [-0.4, -0.2) is 8.42 Å². The van der Waals surface area contributed by atoms with E-state index in [-0.39, 0.29) is 10.6 Å². The molecule has 18 heavy (non-hydrogen) atoms. The zero-order valence-electron chi connectivity index (χ0n) is 9.28. The fourth-order valence-electron chi connectivity index (χ4n) is 1.44. The third-order valence-electron chi connectivity index (χ3n) is 2.25. The van der Waals surface area contributed by atoms with Crippen molar-refractivity contribution in [1.82, 2.24) is 0 Å². The molecule has 0 aliphatic carbocycles. The van der Waals surface area contributed by atoms with Crippen LogP contribution in [0.3, 0.4) is 0 Å². The van der Waals surface area contributed by atoms with E-state index in [1.807, 2.05) is 0 Å². The Morgan fingerprint density at radius 2 is 2.00 bits per heavy atom. The van der Waals surface area contributed by atoms with E-state index in [1.54, 1.807) is 13.0 Å². The van der Waals surface area contributed by atoms with E-state index in [0.717, 1.165) is 0 Å². The van der Waals surface area contributed by atoms with Crippen LogP contribution < -0.4 is 4.72 Å². The molecule has 0 saturated heterocycles. The molecule has 0 radical (unpaired) electrons. The number of anilines is 1. The van der Waals surface area contributed by atoms with Crippen molar-refractivity contribution >= 4 is 43.0 Å². The number of thiophene rings is 1. The van der Waals surface area contributed by atoms with E-state index in [4.69, 9.17) is 0 Å². The fourth-order valence-corrected chi connectivity index (χ4v) is 4.92. The Morgan fingerprint density at radius 1 is 1.33 bits per heavy atom. The molecule has 1 aromatic heterocycles. The van der Waals surface area contributed by atoms with Gasteiger partial charge in [0, 0.05) is 4.88 Å². The van der Waals surface area contributed by atoms with E-state index < -0.39 is 15.8 Å². The summed E-state index contributed by atoms with van der Waals surface area (Å²) in [6, 6.07) is 7.15. The molecule has 0 fully saturated rings. The zero-order chi connectivity index (χ0) is 13.3. The van der Waals surface area contributed by atoms with Crippen LogP contribution in [-0.2, 0) is 10.0 Å². The van der Waals surface area contributed by atoms with Crippen molar-refractivity contribution in [2.75, 3.05) is 4.72 Å². The molecule has 0 aliphatic rings. The van der Waals surface area contributed by atoms with Crippen molar-refractivity contribution in [2.24, 2.45) is 0 Å². The molecule has 0 amide bonds. The quantitative estimate of drug-likeness (QED) is 0.916. The van der Waals surface area contributed by atoms with E-state index >= 15 is 0 Å². The van der Waals surface area contributed by atoms with Crippen LogP contribution in [0.5, 0.6) is 0 Å². The molecule has 0 spiro atoms. The van der Waals surface area contributed by atoms with Gasteiger partial charge in [0.05, 0.1) is 9.47 Å². The normalized spacial score (nSPS) is 11.5. The Hall–Kier alpha value is -0.920. The highest BCUT2D eigenvalue weighted by Crippen LogP contribution is 2.31. The van der Waals surface area contributed by atoms with E-state index in [0.29, 0.717) is 8.66 Å². The highest BCUT2D eigenvalue weighted by Gasteiger charge is 2.20. The second-order valence-electron chi connectivity index (χ2n) is 3.56. The average molecular weight is 350 g/mol. The smallest absolute Gasteiger partial charge is 0.263 e. The highest BCUT2D eigenvalue weighted by atomic mass is 79.9. The number of halogens is 2. The van der Waals surface area contributed by atoms with E-state index in [1.165, 1.54) is 35.6 Å². The summed E-state index contributed by atoms with van der Waals surface area (Å²) in [6.07, 6.45) is 0. The van der Waals surface area contributed by atoms with Gasteiger partial charge < -0.3 is 0 Å². The van der Waals surface area contributed by atoms with Gasteiger partial charge in [-0.2, -0.15) is 0 Å². The van der Waals surface area contributed by atoms with Gasteiger partial charge in [0.1, 0.15) is 10.7 Å². The lowest BCUT2D eigenvalue weighted by atomic mass is 10.3. The minimum atomic E-state index is -3.76. The third-order valence-corrected chi connectivity index (χ3v) is 5.42. The Labute approximate surface area is 117 Å². The van der Waals surface area contributed by atoms with E-state index in [2.05, 4.69) is 20.7 Å². The number of nitrogens with one attached hydrogen (secondary N) is 1. The molecule has 1 N–H and O–H groups in total. The van der Waals surface area contributed by atoms with Crippen LogP contribution >= 0.6 is 27.3 Å². The van der Waals surface area contributed by atoms with Gasteiger partial charge in [0.25, 0.3) is 10.0 Å². The molecule has 0 atom stereocenters. The number of benzene rings is 1.